The molecule has 0 saturated carbocycles. The van der Waals surface area contributed by atoms with Crippen LogP contribution in [0.4, 0.5) is 0 Å². The summed E-state index contributed by atoms with van der Waals surface area (Å²) >= 11 is 0. The first-order chi connectivity index (χ1) is 11.4. The van der Waals surface area contributed by atoms with Crippen LogP contribution in [-0.2, 0) is 9.59 Å². The minimum Gasteiger partial charge on any atom is -0.477 e. The lowest BCUT2D eigenvalue weighted by Crippen LogP contribution is -2.14. The van der Waals surface area contributed by atoms with Gasteiger partial charge in [-0.15, -0.1) is 0 Å². The van der Waals surface area contributed by atoms with Crippen LogP contribution in [0.5, 0.6) is 0 Å². The van der Waals surface area contributed by atoms with Gasteiger partial charge in [0.05, 0.1) is 0 Å². The van der Waals surface area contributed by atoms with Crippen LogP contribution in [0.2, 0.25) is 0 Å². The van der Waals surface area contributed by atoms with Gasteiger partial charge in [0.25, 0.3) is 0 Å². The second-order valence-corrected chi connectivity index (χ2v) is 5.34. The van der Waals surface area contributed by atoms with E-state index in [9.17, 15) is 19.8 Å². The molecule has 4 nitrogen and oxygen atoms in total. The van der Waals surface area contributed by atoms with E-state index >= 15 is 0 Å². The largest absolute Gasteiger partial charge is 0.477 e. The average Bonchev–Trinajstić information content (AvgIpc) is 2.56. The highest BCUT2D eigenvalue weighted by molar-refractivity contribution is 6.14. The average molecular weight is 322 g/mol. The third-order valence-electron chi connectivity index (χ3n) is 3.87. The molecule has 0 radical (unpaired) electrons. The van der Waals surface area contributed by atoms with Crippen molar-refractivity contribution in [2.24, 2.45) is 0 Å². The number of allylic oxidation sites excluding steroid dienone is 2. The molecule has 2 rings (SSSR count). The third-order valence-corrected chi connectivity index (χ3v) is 3.87. The summed E-state index contributed by atoms with van der Waals surface area (Å²) in [4.78, 5) is 22.6. The van der Waals surface area contributed by atoms with Gasteiger partial charge in [0.1, 0.15) is 5.57 Å². The minimum absolute atomic E-state index is 0.234. The van der Waals surface area contributed by atoms with E-state index in [1.165, 1.54) is 6.92 Å². The Morgan fingerprint density at radius 1 is 0.667 bits per heavy atom. The molecule has 0 aromatic heterocycles. The quantitative estimate of drug-likeness (QED) is 0.378. The van der Waals surface area contributed by atoms with Gasteiger partial charge in [0, 0.05) is 0 Å². The Kier molecular flexibility index (Phi) is 5.32. The number of hydrogen-bond donors (Lipinski definition) is 2. The number of carbonyl (C=O) groups is 2. The first kappa shape index (κ1) is 17.2. The lowest BCUT2D eigenvalue weighted by molar-refractivity contribution is -0.140. The fourth-order valence-corrected chi connectivity index (χ4v) is 2.60. The van der Waals surface area contributed by atoms with Crippen LogP contribution in [0.15, 0.2) is 77.4 Å². The van der Waals surface area contributed by atoms with Gasteiger partial charge in [0.15, 0.2) is 0 Å². The molecule has 24 heavy (non-hydrogen) atoms. The summed E-state index contributed by atoms with van der Waals surface area (Å²) in [5, 5.41) is 18.4. The van der Waals surface area contributed by atoms with Crippen molar-refractivity contribution in [1.29, 1.82) is 0 Å². The molecule has 0 spiro atoms. The molecule has 2 aromatic rings. The molecule has 0 aliphatic rings. The van der Waals surface area contributed by atoms with Gasteiger partial charge in [-0.3, -0.25) is 0 Å². The molecular weight excluding hydrogens is 304 g/mol. The molecule has 0 saturated heterocycles. The maximum absolute atomic E-state index is 11.3. The van der Waals surface area contributed by atoms with E-state index < -0.39 is 17.5 Å². The van der Waals surface area contributed by atoms with Crippen LogP contribution in [0.25, 0.3) is 5.57 Å². The van der Waals surface area contributed by atoms with Crippen molar-refractivity contribution in [2.75, 3.05) is 0 Å². The Balaban J connectivity index is 2.79. The van der Waals surface area contributed by atoms with Crippen molar-refractivity contribution in [2.45, 2.75) is 13.8 Å². The molecule has 0 bridgehead atoms. The smallest absolute Gasteiger partial charge is 0.343 e. The number of hydrogen-bond acceptors (Lipinski definition) is 2. The van der Waals surface area contributed by atoms with Crippen LogP contribution < -0.4 is 0 Å². The maximum atomic E-state index is 11.3. The Morgan fingerprint density at radius 3 is 1.38 bits per heavy atom. The van der Waals surface area contributed by atoms with E-state index in [4.69, 9.17) is 0 Å². The third kappa shape index (κ3) is 3.60. The molecule has 122 valence electrons. The lowest BCUT2D eigenvalue weighted by Gasteiger charge is -2.15. The van der Waals surface area contributed by atoms with Crippen molar-refractivity contribution in [3.63, 3.8) is 0 Å². The van der Waals surface area contributed by atoms with Crippen molar-refractivity contribution in [1.82, 2.24) is 0 Å². The molecule has 0 aliphatic heterocycles. The zero-order chi connectivity index (χ0) is 17.7. The van der Waals surface area contributed by atoms with E-state index in [1.807, 2.05) is 60.7 Å². The number of benzene rings is 2. The topological polar surface area (TPSA) is 74.6 Å². The lowest BCUT2D eigenvalue weighted by atomic mass is 9.89. The van der Waals surface area contributed by atoms with Crippen molar-refractivity contribution < 1.29 is 19.8 Å². The number of aliphatic carboxylic acids is 2. The molecule has 0 amide bonds. The fraction of sp³-hybridized carbons (Fsp3) is 0.100. The molecule has 0 aliphatic carbocycles. The number of carboxylic acids is 2. The second kappa shape index (κ2) is 7.42. The summed E-state index contributed by atoms with van der Waals surface area (Å²) in [6.07, 6.45) is 0. The van der Waals surface area contributed by atoms with Gasteiger partial charge >= 0.3 is 11.9 Å². The Morgan fingerprint density at radius 2 is 1.04 bits per heavy atom. The predicted octanol–water partition coefficient (Wildman–Crippen LogP) is 3.99. The molecular formula is C20H18O4. The number of carboxylic acid groups (broad SMARTS) is 2. The molecule has 2 N–H and O–H groups in total. The molecule has 4 heteroatoms. The zero-order valence-corrected chi connectivity index (χ0v) is 13.5. The normalized spacial score (nSPS) is 9.92. The van der Waals surface area contributed by atoms with Crippen LogP contribution in [0.3, 0.4) is 0 Å². The summed E-state index contributed by atoms with van der Waals surface area (Å²) in [6.45, 7) is 3.27. The molecule has 0 fully saturated rings. The van der Waals surface area contributed by atoms with Crippen LogP contribution in [0.1, 0.15) is 25.0 Å². The van der Waals surface area contributed by atoms with Gasteiger partial charge in [-0.1, -0.05) is 60.7 Å². The monoisotopic (exact) mass is 322 g/mol. The Hall–Kier alpha value is -3.14. The van der Waals surface area contributed by atoms with E-state index in [0.29, 0.717) is 5.57 Å². The van der Waals surface area contributed by atoms with Gasteiger partial charge in [0.2, 0.25) is 0 Å². The van der Waals surface area contributed by atoms with Gasteiger partial charge in [-0.25, -0.2) is 9.59 Å². The summed E-state index contributed by atoms with van der Waals surface area (Å²) in [5.74, 6) is -2.89. The highest BCUT2D eigenvalue weighted by Crippen LogP contribution is 2.31. The van der Waals surface area contributed by atoms with E-state index in [0.717, 1.165) is 16.7 Å². The van der Waals surface area contributed by atoms with Crippen LogP contribution in [-0.4, -0.2) is 22.2 Å². The highest BCUT2D eigenvalue weighted by Gasteiger charge is 2.22. The van der Waals surface area contributed by atoms with E-state index in [2.05, 4.69) is 0 Å². The predicted molar refractivity (Wildman–Crippen MR) is 92.6 cm³/mol. The minimum atomic E-state index is -1.44. The fourth-order valence-electron chi connectivity index (χ4n) is 2.60. The second-order valence-electron chi connectivity index (χ2n) is 5.34. The standard InChI is InChI=1S/C20H18O4/c1-13(14(2)18(19(21)22)20(23)24)17(15-9-5-3-6-10-15)16-11-7-4-8-12-16/h3-12H,1-2H3,(H,21,22)(H,23,24). The first-order valence-corrected chi connectivity index (χ1v) is 7.43. The zero-order valence-electron chi connectivity index (χ0n) is 13.5. The van der Waals surface area contributed by atoms with Crippen molar-refractivity contribution in [3.8, 4) is 0 Å². The maximum Gasteiger partial charge on any atom is 0.343 e. The van der Waals surface area contributed by atoms with Gasteiger partial charge < -0.3 is 10.2 Å². The van der Waals surface area contributed by atoms with E-state index in [1.54, 1.807) is 6.92 Å². The van der Waals surface area contributed by atoms with Crippen molar-refractivity contribution in [3.05, 3.63) is 88.5 Å². The van der Waals surface area contributed by atoms with Crippen LogP contribution in [0, 0.1) is 0 Å². The summed E-state index contributed by atoms with van der Waals surface area (Å²) in [6, 6.07) is 19.0. The summed E-state index contributed by atoms with van der Waals surface area (Å²) in [5.41, 5.74) is 2.85. The molecule has 0 unspecified atom stereocenters. The first-order valence-electron chi connectivity index (χ1n) is 7.43. The SMILES string of the molecule is CC(C(C)=C(c1ccccc1)c1ccccc1)=C(C(=O)O)C(=O)O. The van der Waals surface area contributed by atoms with Gasteiger partial charge in [-0.05, 0) is 41.7 Å². The Bertz CT molecular complexity index is 758. The van der Waals surface area contributed by atoms with E-state index in [-0.39, 0.29) is 5.57 Å². The van der Waals surface area contributed by atoms with Crippen LogP contribution >= 0.6 is 0 Å². The van der Waals surface area contributed by atoms with Crippen molar-refractivity contribution >= 4 is 17.5 Å². The molecule has 0 heterocycles. The molecule has 0 atom stereocenters. The number of rotatable bonds is 5. The highest BCUT2D eigenvalue weighted by atomic mass is 16.4. The molecule has 2 aromatic carbocycles. The van der Waals surface area contributed by atoms with Gasteiger partial charge in [-0.2, -0.15) is 0 Å². The summed E-state index contributed by atoms with van der Waals surface area (Å²) < 4.78 is 0. The summed E-state index contributed by atoms with van der Waals surface area (Å²) in [7, 11) is 0. The Labute approximate surface area is 140 Å².